The summed E-state index contributed by atoms with van der Waals surface area (Å²) in [6.45, 7) is 2.31. The van der Waals surface area contributed by atoms with E-state index in [2.05, 4.69) is 4.72 Å². The third kappa shape index (κ3) is 4.12. The van der Waals surface area contributed by atoms with E-state index in [9.17, 15) is 12.8 Å². The third-order valence-corrected chi connectivity index (χ3v) is 5.64. The van der Waals surface area contributed by atoms with Crippen LogP contribution in [0.4, 0.5) is 4.39 Å². The van der Waals surface area contributed by atoms with Crippen molar-refractivity contribution < 1.29 is 17.5 Å². The fourth-order valence-electron chi connectivity index (χ4n) is 2.54. The average molecular weight is 339 g/mol. The molecular formula is C17H22FNO3S. The van der Waals surface area contributed by atoms with Gasteiger partial charge in [0.15, 0.2) is 11.6 Å². The molecule has 0 heterocycles. The first-order chi connectivity index (χ1) is 10.9. The lowest BCUT2D eigenvalue weighted by Crippen LogP contribution is -2.36. The highest BCUT2D eigenvalue weighted by Gasteiger charge is 2.47. The van der Waals surface area contributed by atoms with Crippen molar-refractivity contribution in [3.8, 4) is 5.75 Å². The van der Waals surface area contributed by atoms with Gasteiger partial charge in [-0.05, 0) is 56.2 Å². The minimum atomic E-state index is -3.40. The molecule has 1 aromatic rings. The van der Waals surface area contributed by atoms with Crippen LogP contribution in [0.15, 0.2) is 30.4 Å². The predicted octanol–water partition coefficient (Wildman–Crippen LogP) is 3.10. The minimum absolute atomic E-state index is 0.0442. The Kier molecular flexibility index (Phi) is 4.47. The van der Waals surface area contributed by atoms with Crippen molar-refractivity contribution >= 4 is 10.0 Å². The monoisotopic (exact) mass is 339 g/mol. The molecule has 23 heavy (non-hydrogen) atoms. The second-order valence-electron chi connectivity index (χ2n) is 6.43. The second kappa shape index (κ2) is 6.24. The second-order valence-corrected chi connectivity index (χ2v) is 8.20. The summed E-state index contributed by atoms with van der Waals surface area (Å²) in [5.41, 5.74) is 0.167. The molecule has 2 fully saturated rings. The van der Waals surface area contributed by atoms with E-state index in [1.54, 1.807) is 31.2 Å². The molecule has 0 aliphatic heterocycles. The smallest absolute Gasteiger partial charge is 0.215 e. The Morgan fingerprint density at radius 2 is 2.13 bits per heavy atom. The average Bonchev–Trinajstić information content (AvgIpc) is 3.40. The molecule has 0 atom stereocenters. The molecule has 0 saturated heterocycles. The van der Waals surface area contributed by atoms with Crippen molar-refractivity contribution in [2.24, 2.45) is 5.92 Å². The minimum Gasteiger partial charge on any atom is -0.490 e. The van der Waals surface area contributed by atoms with E-state index in [-0.39, 0.29) is 11.5 Å². The van der Waals surface area contributed by atoms with Crippen LogP contribution in [0.2, 0.25) is 0 Å². The Labute approximate surface area is 136 Å². The molecule has 0 radical (unpaired) electrons. The number of rotatable bonds is 8. The van der Waals surface area contributed by atoms with Crippen LogP contribution in [-0.4, -0.2) is 20.8 Å². The number of benzene rings is 1. The number of halogens is 1. The summed E-state index contributed by atoms with van der Waals surface area (Å²) in [6, 6.07) is 4.64. The van der Waals surface area contributed by atoms with Gasteiger partial charge in [0.2, 0.25) is 10.0 Å². The fraction of sp³-hybridized carbons (Fsp3) is 0.529. The van der Waals surface area contributed by atoms with Gasteiger partial charge < -0.3 is 4.74 Å². The molecule has 3 rings (SSSR count). The summed E-state index contributed by atoms with van der Waals surface area (Å²) in [5.74, 6) is 0.305. The lowest BCUT2D eigenvalue weighted by Gasteiger charge is -2.19. The van der Waals surface area contributed by atoms with Crippen molar-refractivity contribution in [1.29, 1.82) is 0 Å². The fourth-order valence-corrected chi connectivity index (χ4v) is 3.99. The molecule has 1 N–H and O–H groups in total. The van der Waals surface area contributed by atoms with Gasteiger partial charge in [0.1, 0.15) is 0 Å². The highest BCUT2D eigenvalue weighted by atomic mass is 32.2. The van der Waals surface area contributed by atoms with Gasteiger partial charge in [-0.1, -0.05) is 18.2 Å². The van der Waals surface area contributed by atoms with Crippen LogP contribution >= 0.6 is 0 Å². The molecule has 0 unspecified atom stereocenters. The van der Waals surface area contributed by atoms with Crippen molar-refractivity contribution in [2.45, 2.75) is 38.1 Å². The van der Waals surface area contributed by atoms with E-state index in [0.29, 0.717) is 12.5 Å². The highest BCUT2D eigenvalue weighted by molar-refractivity contribution is 7.89. The zero-order valence-corrected chi connectivity index (χ0v) is 14.0. The summed E-state index contributed by atoms with van der Waals surface area (Å²) < 4.78 is 46.5. The van der Waals surface area contributed by atoms with Gasteiger partial charge in [-0.25, -0.2) is 17.5 Å². The van der Waals surface area contributed by atoms with Gasteiger partial charge in [0.05, 0.1) is 17.9 Å². The molecule has 1 aromatic carbocycles. The van der Waals surface area contributed by atoms with Crippen LogP contribution in [-0.2, 0) is 15.6 Å². The van der Waals surface area contributed by atoms with E-state index >= 15 is 0 Å². The van der Waals surface area contributed by atoms with Crippen molar-refractivity contribution in [3.63, 3.8) is 0 Å². The number of hydrogen-bond donors (Lipinski definition) is 1. The van der Waals surface area contributed by atoms with Crippen molar-refractivity contribution in [3.05, 3.63) is 41.7 Å². The Morgan fingerprint density at radius 1 is 1.39 bits per heavy atom. The number of sulfonamides is 1. The number of hydrogen-bond acceptors (Lipinski definition) is 3. The van der Waals surface area contributed by atoms with Gasteiger partial charge >= 0.3 is 0 Å². The quantitative estimate of drug-likeness (QED) is 0.741. The van der Waals surface area contributed by atoms with E-state index in [0.717, 1.165) is 31.2 Å². The standard InChI is InChI=1S/C17H22FNO3S/c1-2-3-10-23(20,21)19-17(8-9-17)14-6-7-15(18)16(11-14)22-12-13-4-5-13/h2-3,6-7,11,13,19H,4-5,8-10,12H2,1H3/b3-2+. The van der Waals surface area contributed by atoms with Crippen molar-refractivity contribution in [1.82, 2.24) is 4.72 Å². The Morgan fingerprint density at radius 3 is 2.74 bits per heavy atom. The Hall–Kier alpha value is -1.40. The summed E-state index contributed by atoms with van der Waals surface area (Å²) in [7, 11) is -3.40. The molecule has 0 amide bonds. The molecule has 0 bridgehead atoms. The largest absolute Gasteiger partial charge is 0.490 e. The molecule has 6 heteroatoms. The summed E-state index contributed by atoms with van der Waals surface area (Å²) in [6.07, 6.45) is 7.02. The maximum Gasteiger partial charge on any atom is 0.215 e. The first kappa shape index (κ1) is 16.5. The Balaban J connectivity index is 1.75. The molecule has 2 aliphatic carbocycles. The molecule has 126 valence electrons. The van der Waals surface area contributed by atoms with Gasteiger partial charge in [-0.2, -0.15) is 0 Å². The van der Waals surface area contributed by atoms with Crippen LogP contribution in [0.3, 0.4) is 0 Å². The summed E-state index contributed by atoms with van der Waals surface area (Å²) >= 11 is 0. The summed E-state index contributed by atoms with van der Waals surface area (Å²) in [4.78, 5) is 0. The SMILES string of the molecule is C/C=C/CS(=O)(=O)NC1(c2ccc(F)c(OCC3CC3)c2)CC1. The highest BCUT2D eigenvalue weighted by Crippen LogP contribution is 2.47. The number of ether oxygens (including phenoxy) is 1. The van der Waals surface area contributed by atoms with E-state index < -0.39 is 21.4 Å². The van der Waals surface area contributed by atoms with Crippen LogP contribution < -0.4 is 9.46 Å². The number of allylic oxidation sites excluding steroid dienone is 1. The van der Waals surface area contributed by atoms with Gasteiger partial charge in [0.25, 0.3) is 0 Å². The van der Waals surface area contributed by atoms with E-state index in [4.69, 9.17) is 4.74 Å². The molecule has 4 nitrogen and oxygen atoms in total. The van der Waals surface area contributed by atoms with Crippen LogP contribution in [0.5, 0.6) is 5.75 Å². The van der Waals surface area contributed by atoms with Gasteiger partial charge in [-0.15, -0.1) is 0 Å². The first-order valence-electron chi connectivity index (χ1n) is 8.00. The van der Waals surface area contributed by atoms with Crippen LogP contribution in [0.1, 0.15) is 38.2 Å². The molecule has 2 saturated carbocycles. The van der Waals surface area contributed by atoms with Gasteiger partial charge in [-0.3, -0.25) is 0 Å². The molecule has 0 aromatic heterocycles. The van der Waals surface area contributed by atoms with Crippen LogP contribution in [0, 0.1) is 11.7 Å². The molecule has 2 aliphatic rings. The van der Waals surface area contributed by atoms with Crippen LogP contribution in [0.25, 0.3) is 0 Å². The maximum atomic E-state index is 13.9. The summed E-state index contributed by atoms with van der Waals surface area (Å²) in [5, 5.41) is 0. The zero-order valence-electron chi connectivity index (χ0n) is 13.2. The lowest BCUT2D eigenvalue weighted by atomic mass is 10.1. The van der Waals surface area contributed by atoms with Crippen molar-refractivity contribution in [2.75, 3.05) is 12.4 Å². The topological polar surface area (TPSA) is 55.4 Å². The Bertz CT molecular complexity index is 707. The maximum absolute atomic E-state index is 13.9. The zero-order chi connectivity index (χ0) is 16.5. The van der Waals surface area contributed by atoms with E-state index in [1.807, 2.05) is 0 Å². The van der Waals surface area contributed by atoms with E-state index in [1.165, 1.54) is 6.07 Å². The third-order valence-electron chi connectivity index (χ3n) is 4.31. The molecule has 0 spiro atoms. The number of nitrogens with one attached hydrogen (secondary N) is 1. The normalized spacial score (nSPS) is 19.9. The first-order valence-corrected chi connectivity index (χ1v) is 9.65. The van der Waals surface area contributed by atoms with Gasteiger partial charge in [0, 0.05) is 0 Å². The lowest BCUT2D eigenvalue weighted by molar-refractivity contribution is 0.284. The predicted molar refractivity (Wildman–Crippen MR) is 87.3 cm³/mol. The molecular weight excluding hydrogens is 317 g/mol.